The molecule has 6 nitrogen and oxygen atoms in total. The summed E-state index contributed by atoms with van der Waals surface area (Å²) in [7, 11) is 4.10. The van der Waals surface area contributed by atoms with Gasteiger partial charge in [-0.1, -0.05) is 30.3 Å². The highest BCUT2D eigenvalue weighted by Gasteiger charge is 2.32. The van der Waals surface area contributed by atoms with Gasteiger partial charge in [0.25, 0.3) is 0 Å². The van der Waals surface area contributed by atoms with E-state index in [1.165, 1.54) is 24.8 Å². The fourth-order valence-corrected chi connectivity index (χ4v) is 5.38. The first kappa shape index (κ1) is 20.4. The zero-order valence-electron chi connectivity index (χ0n) is 17.7. The van der Waals surface area contributed by atoms with Crippen LogP contribution >= 0.6 is 11.8 Å². The van der Waals surface area contributed by atoms with Gasteiger partial charge in [0.1, 0.15) is 12.0 Å². The van der Waals surface area contributed by atoms with Gasteiger partial charge in [0.05, 0.1) is 5.70 Å². The number of hydrogen-bond donors (Lipinski definition) is 2. The first-order valence-electron chi connectivity index (χ1n) is 10.7. The van der Waals surface area contributed by atoms with Gasteiger partial charge in [-0.15, -0.1) is 0 Å². The number of nitrogens with zero attached hydrogens (tertiary/aromatic N) is 4. The van der Waals surface area contributed by atoms with Gasteiger partial charge < -0.3 is 20.9 Å². The minimum absolute atomic E-state index is 0.0495. The number of guanidine groups is 1. The van der Waals surface area contributed by atoms with Gasteiger partial charge >= 0.3 is 0 Å². The van der Waals surface area contributed by atoms with Crippen LogP contribution in [0.25, 0.3) is 0 Å². The highest BCUT2D eigenvalue weighted by atomic mass is 32.2. The summed E-state index contributed by atoms with van der Waals surface area (Å²) in [5.74, 6) is 5.05. The van der Waals surface area contributed by atoms with Crippen molar-refractivity contribution in [1.82, 2.24) is 20.0 Å². The van der Waals surface area contributed by atoms with Crippen LogP contribution in [-0.2, 0) is 6.42 Å². The molecule has 1 aromatic rings. The van der Waals surface area contributed by atoms with E-state index in [9.17, 15) is 0 Å². The highest BCUT2D eigenvalue weighted by molar-refractivity contribution is 7.99. The Morgan fingerprint density at radius 3 is 2.45 bits per heavy atom. The van der Waals surface area contributed by atoms with E-state index in [0.717, 1.165) is 61.1 Å². The smallest absolute Gasteiger partial charge is 0.201 e. The summed E-state index contributed by atoms with van der Waals surface area (Å²) < 4.78 is 0. The molecule has 0 aromatic heterocycles. The van der Waals surface area contributed by atoms with Crippen LogP contribution in [0.5, 0.6) is 0 Å². The third kappa shape index (κ3) is 4.83. The van der Waals surface area contributed by atoms with Crippen LogP contribution in [0.15, 0.2) is 46.8 Å². The van der Waals surface area contributed by atoms with Crippen molar-refractivity contribution in [3.8, 4) is 0 Å². The molecule has 3 aliphatic heterocycles. The molecule has 3 N–H and O–H groups in total. The SMILES string of the molecule is CN(C)C1=C(N)C(N2CCSCC2)N=C(N2CCC(Cc3ccccc3)CC2)N1. The molecular weight excluding hydrogens is 380 g/mol. The maximum absolute atomic E-state index is 6.56. The number of hydrogen-bond acceptors (Lipinski definition) is 7. The van der Waals surface area contributed by atoms with Crippen molar-refractivity contribution in [3.05, 3.63) is 47.4 Å². The van der Waals surface area contributed by atoms with Crippen molar-refractivity contribution >= 4 is 17.7 Å². The Bertz CT molecular complexity index is 733. The molecule has 158 valence electrons. The largest absolute Gasteiger partial charge is 0.396 e. The van der Waals surface area contributed by atoms with Gasteiger partial charge in [0, 0.05) is 51.8 Å². The lowest BCUT2D eigenvalue weighted by atomic mass is 9.90. The molecule has 1 atom stereocenters. The lowest BCUT2D eigenvalue weighted by molar-refractivity contribution is 0.223. The van der Waals surface area contributed by atoms with Gasteiger partial charge in [-0.25, -0.2) is 4.99 Å². The molecule has 0 amide bonds. The zero-order valence-corrected chi connectivity index (χ0v) is 18.5. The minimum atomic E-state index is -0.0495. The quantitative estimate of drug-likeness (QED) is 0.786. The van der Waals surface area contributed by atoms with E-state index in [1.807, 2.05) is 25.9 Å². The third-order valence-corrected chi connectivity index (χ3v) is 7.09. The molecule has 3 heterocycles. The maximum atomic E-state index is 6.56. The Hall–Kier alpha value is -1.86. The molecule has 2 saturated heterocycles. The average Bonchev–Trinajstić information content (AvgIpc) is 2.76. The van der Waals surface area contributed by atoms with E-state index in [4.69, 9.17) is 10.7 Å². The topological polar surface area (TPSA) is 60.1 Å². The Kier molecular flexibility index (Phi) is 6.55. The second-order valence-electron chi connectivity index (χ2n) is 8.42. The van der Waals surface area contributed by atoms with E-state index >= 15 is 0 Å². The monoisotopic (exact) mass is 414 g/mol. The number of likely N-dealkylation sites (tertiary alicyclic amines) is 1. The predicted molar refractivity (Wildman–Crippen MR) is 123 cm³/mol. The molecule has 1 unspecified atom stereocenters. The summed E-state index contributed by atoms with van der Waals surface area (Å²) in [6, 6.07) is 10.9. The summed E-state index contributed by atoms with van der Waals surface area (Å²) in [5, 5.41) is 3.53. The van der Waals surface area contributed by atoms with Crippen LogP contribution in [-0.4, -0.2) is 78.6 Å². The number of piperidine rings is 1. The molecule has 4 rings (SSSR count). The lowest BCUT2D eigenvalue weighted by Crippen LogP contribution is -2.54. The fourth-order valence-electron chi connectivity index (χ4n) is 4.45. The van der Waals surface area contributed by atoms with Crippen LogP contribution in [0, 0.1) is 5.92 Å². The van der Waals surface area contributed by atoms with E-state index in [2.05, 4.69) is 50.3 Å². The molecule has 0 bridgehead atoms. The van der Waals surface area contributed by atoms with E-state index in [1.54, 1.807) is 0 Å². The Labute approximate surface area is 179 Å². The Morgan fingerprint density at radius 2 is 1.79 bits per heavy atom. The number of aliphatic imine (C=N–C) groups is 1. The zero-order chi connectivity index (χ0) is 20.2. The second-order valence-corrected chi connectivity index (χ2v) is 9.64. The number of nitrogens with two attached hydrogens (primary N) is 1. The molecule has 0 saturated carbocycles. The summed E-state index contributed by atoms with van der Waals surface area (Å²) in [5.41, 5.74) is 8.85. The van der Waals surface area contributed by atoms with Crippen molar-refractivity contribution in [1.29, 1.82) is 0 Å². The second kappa shape index (κ2) is 9.30. The molecule has 3 aliphatic rings. The molecule has 29 heavy (non-hydrogen) atoms. The highest BCUT2D eigenvalue weighted by Crippen LogP contribution is 2.25. The summed E-state index contributed by atoms with van der Waals surface area (Å²) in [6.07, 6.45) is 3.54. The normalized spacial score (nSPS) is 24.3. The molecule has 0 aliphatic carbocycles. The molecular formula is C22H34N6S. The third-order valence-electron chi connectivity index (χ3n) is 6.15. The van der Waals surface area contributed by atoms with E-state index in [0.29, 0.717) is 0 Å². The fraction of sp³-hybridized carbons (Fsp3) is 0.591. The summed E-state index contributed by atoms with van der Waals surface area (Å²) >= 11 is 2.02. The van der Waals surface area contributed by atoms with Gasteiger partial charge in [-0.3, -0.25) is 4.90 Å². The van der Waals surface area contributed by atoms with Gasteiger partial charge in [0.2, 0.25) is 5.96 Å². The standard InChI is InChI=1S/C22H34N6S/c1-26(2)20-19(23)21(27-12-14-29-15-13-27)25-22(24-20)28-10-8-18(9-11-28)16-17-6-4-3-5-7-17/h3-7,18,21H,8-16,23H2,1-2H3,(H,24,25). The average molecular weight is 415 g/mol. The van der Waals surface area contributed by atoms with Gasteiger partial charge in [0.15, 0.2) is 0 Å². The van der Waals surface area contributed by atoms with Crippen molar-refractivity contribution < 1.29 is 0 Å². The predicted octanol–water partition coefficient (Wildman–Crippen LogP) is 1.96. The molecule has 7 heteroatoms. The lowest BCUT2D eigenvalue weighted by Gasteiger charge is -2.41. The van der Waals surface area contributed by atoms with Crippen LogP contribution < -0.4 is 11.1 Å². The van der Waals surface area contributed by atoms with Crippen molar-refractivity contribution in [2.75, 3.05) is 51.8 Å². The van der Waals surface area contributed by atoms with Crippen LogP contribution in [0.3, 0.4) is 0 Å². The van der Waals surface area contributed by atoms with E-state index in [-0.39, 0.29) is 6.17 Å². The van der Waals surface area contributed by atoms with Crippen molar-refractivity contribution in [2.24, 2.45) is 16.6 Å². The Morgan fingerprint density at radius 1 is 1.10 bits per heavy atom. The Balaban J connectivity index is 1.43. The first-order chi connectivity index (χ1) is 14.1. The first-order valence-corrected chi connectivity index (χ1v) is 11.9. The van der Waals surface area contributed by atoms with Gasteiger partial charge in [-0.05, 0) is 30.7 Å². The van der Waals surface area contributed by atoms with E-state index < -0.39 is 0 Å². The van der Waals surface area contributed by atoms with Crippen molar-refractivity contribution in [3.63, 3.8) is 0 Å². The summed E-state index contributed by atoms with van der Waals surface area (Å²) in [4.78, 5) is 12.0. The van der Waals surface area contributed by atoms with Crippen LogP contribution in [0.1, 0.15) is 18.4 Å². The van der Waals surface area contributed by atoms with Crippen LogP contribution in [0.4, 0.5) is 0 Å². The number of benzene rings is 1. The minimum Gasteiger partial charge on any atom is -0.396 e. The number of nitrogens with one attached hydrogen (secondary N) is 1. The molecule has 2 fully saturated rings. The van der Waals surface area contributed by atoms with Crippen molar-refractivity contribution in [2.45, 2.75) is 25.4 Å². The maximum Gasteiger partial charge on any atom is 0.201 e. The molecule has 1 aromatic carbocycles. The van der Waals surface area contributed by atoms with Crippen LogP contribution in [0.2, 0.25) is 0 Å². The number of rotatable bonds is 4. The molecule has 0 radical (unpaired) electrons. The van der Waals surface area contributed by atoms with Gasteiger partial charge in [-0.2, -0.15) is 11.8 Å². The molecule has 0 spiro atoms. The summed E-state index contributed by atoms with van der Waals surface area (Å²) in [6.45, 7) is 4.19. The number of thioether (sulfide) groups is 1.